The molecule has 5 nitrogen and oxygen atoms in total. The zero-order valence-electron chi connectivity index (χ0n) is 17.2. The van der Waals surface area contributed by atoms with Crippen molar-refractivity contribution in [3.8, 4) is 11.5 Å². The van der Waals surface area contributed by atoms with Gasteiger partial charge in [-0.1, -0.05) is 35.9 Å². The molecule has 1 aromatic heterocycles. The zero-order chi connectivity index (χ0) is 21.2. The van der Waals surface area contributed by atoms with Crippen LogP contribution in [0.4, 0.5) is 0 Å². The van der Waals surface area contributed by atoms with Crippen LogP contribution in [0.2, 0.25) is 0 Å². The van der Waals surface area contributed by atoms with E-state index in [1.807, 2.05) is 74.5 Å². The van der Waals surface area contributed by atoms with Crippen LogP contribution in [-0.4, -0.2) is 23.5 Å². The Hall–Kier alpha value is -3.60. The average molecular weight is 402 g/mol. The van der Waals surface area contributed by atoms with E-state index in [4.69, 9.17) is 9.47 Å². The number of rotatable bonds is 9. The molecule has 0 bridgehead atoms. The third kappa shape index (κ3) is 7.09. The predicted octanol–water partition coefficient (Wildman–Crippen LogP) is 4.57. The van der Waals surface area contributed by atoms with Gasteiger partial charge in [-0.15, -0.1) is 0 Å². The van der Waals surface area contributed by atoms with E-state index in [0.717, 1.165) is 22.6 Å². The summed E-state index contributed by atoms with van der Waals surface area (Å²) >= 11 is 0. The SMILES string of the molecule is Cc1ccc(OCC(C)NC(=O)/C=C/c2ccc(OCc3cccnc3)cc2)cc1. The molecule has 0 aliphatic heterocycles. The third-order valence-electron chi connectivity index (χ3n) is 4.35. The van der Waals surface area contributed by atoms with E-state index in [1.165, 1.54) is 11.6 Å². The molecule has 1 heterocycles. The number of hydrogen-bond acceptors (Lipinski definition) is 4. The Morgan fingerprint density at radius 2 is 1.73 bits per heavy atom. The van der Waals surface area contributed by atoms with Crippen molar-refractivity contribution in [2.45, 2.75) is 26.5 Å². The molecule has 1 atom stereocenters. The van der Waals surface area contributed by atoms with Gasteiger partial charge in [-0.05, 0) is 55.8 Å². The Balaban J connectivity index is 1.41. The van der Waals surface area contributed by atoms with Gasteiger partial charge in [0.1, 0.15) is 24.7 Å². The van der Waals surface area contributed by atoms with E-state index >= 15 is 0 Å². The summed E-state index contributed by atoms with van der Waals surface area (Å²) in [5, 5.41) is 2.90. The van der Waals surface area contributed by atoms with Gasteiger partial charge in [0.05, 0.1) is 6.04 Å². The molecular formula is C25H26N2O3. The Morgan fingerprint density at radius 1 is 1.03 bits per heavy atom. The summed E-state index contributed by atoms with van der Waals surface area (Å²) in [6.45, 7) is 4.82. The van der Waals surface area contributed by atoms with Gasteiger partial charge in [0.15, 0.2) is 0 Å². The standard InChI is InChI=1S/C25H26N2O3/c1-19-5-10-23(11-6-19)29-17-20(2)27-25(28)14-9-21-7-12-24(13-8-21)30-18-22-4-3-15-26-16-22/h3-16,20H,17-18H2,1-2H3,(H,27,28)/b14-9+. The first-order valence-electron chi connectivity index (χ1n) is 9.88. The second kappa shape index (κ2) is 10.8. The Kier molecular flexibility index (Phi) is 7.61. The summed E-state index contributed by atoms with van der Waals surface area (Å²) in [4.78, 5) is 16.2. The van der Waals surface area contributed by atoms with E-state index in [1.54, 1.807) is 18.5 Å². The number of benzene rings is 2. The van der Waals surface area contributed by atoms with Crippen LogP contribution in [0.25, 0.3) is 6.08 Å². The lowest BCUT2D eigenvalue weighted by molar-refractivity contribution is -0.117. The van der Waals surface area contributed by atoms with Crippen LogP contribution in [0.15, 0.2) is 79.1 Å². The van der Waals surface area contributed by atoms with Gasteiger partial charge in [-0.3, -0.25) is 9.78 Å². The quantitative estimate of drug-likeness (QED) is 0.533. The number of carbonyl (C=O) groups excluding carboxylic acids is 1. The van der Waals surface area contributed by atoms with Crippen LogP contribution < -0.4 is 14.8 Å². The highest BCUT2D eigenvalue weighted by molar-refractivity contribution is 5.91. The van der Waals surface area contributed by atoms with Crippen molar-refractivity contribution in [1.82, 2.24) is 10.3 Å². The largest absolute Gasteiger partial charge is 0.491 e. The molecule has 30 heavy (non-hydrogen) atoms. The fourth-order valence-corrected chi connectivity index (χ4v) is 2.69. The maximum absolute atomic E-state index is 12.1. The van der Waals surface area contributed by atoms with Gasteiger partial charge in [-0.25, -0.2) is 0 Å². The number of nitrogens with one attached hydrogen (secondary N) is 1. The van der Waals surface area contributed by atoms with Crippen molar-refractivity contribution in [2.75, 3.05) is 6.61 Å². The van der Waals surface area contributed by atoms with E-state index < -0.39 is 0 Å². The summed E-state index contributed by atoms with van der Waals surface area (Å²) in [6.07, 6.45) is 6.81. The molecule has 0 saturated carbocycles. The summed E-state index contributed by atoms with van der Waals surface area (Å²) in [7, 11) is 0. The van der Waals surface area contributed by atoms with Crippen molar-refractivity contribution in [3.63, 3.8) is 0 Å². The summed E-state index contributed by atoms with van der Waals surface area (Å²) < 4.78 is 11.4. The van der Waals surface area contributed by atoms with E-state index in [9.17, 15) is 4.79 Å². The highest BCUT2D eigenvalue weighted by Gasteiger charge is 2.06. The minimum Gasteiger partial charge on any atom is -0.491 e. The van der Waals surface area contributed by atoms with Gasteiger partial charge in [0, 0.05) is 24.0 Å². The van der Waals surface area contributed by atoms with E-state index in [-0.39, 0.29) is 11.9 Å². The topological polar surface area (TPSA) is 60.5 Å². The minimum absolute atomic E-state index is 0.105. The van der Waals surface area contributed by atoms with Crippen molar-refractivity contribution in [1.29, 1.82) is 0 Å². The van der Waals surface area contributed by atoms with Crippen LogP contribution in [0.5, 0.6) is 11.5 Å². The van der Waals surface area contributed by atoms with Crippen LogP contribution in [0.1, 0.15) is 23.6 Å². The monoisotopic (exact) mass is 402 g/mol. The van der Waals surface area contributed by atoms with Crippen LogP contribution in [0, 0.1) is 6.92 Å². The molecule has 1 amide bonds. The fraction of sp³-hybridized carbons (Fsp3) is 0.200. The molecule has 1 N–H and O–H groups in total. The number of carbonyl (C=O) groups is 1. The van der Waals surface area contributed by atoms with Crippen molar-refractivity contribution in [3.05, 3.63) is 95.8 Å². The Labute approximate surface area is 177 Å². The maximum Gasteiger partial charge on any atom is 0.244 e. The summed E-state index contributed by atoms with van der Waals surface area (Å²) in [5.74, 6) is 1.40. The Bertz CT molecular complexity index is 952. The first-order valence-corrected chi connectivity index (χ1v) is 9.88. The fourth-order valence-electron chi connectivity index (χ4n) is 2.69. The molecule has 0 spiro atoms. The lowest BCUT2D eigenvalue weighted by atomic mass is 10.2. The number of amides is 1. The average Bonchev–Trinajstić information content (AvgIpc) is 2.77. The lowest BCUT2D eigenvalue weighted by Gasteiger charge is -2.14. The molecule has 5 heteroatoms. The number of nitrogens with zero attached hydrogens (tertiary/aromatic N) is 1. The first-order chi connectivity index (χ1) is 14.6. The van der Waals surface area contributed by atoms with Crippen LogP contribution in [-0.2, 0) is 11.4 Å². The molecule has 0 fully saturated rings. The molecule has 3 rings (SSSR count). The Morgan fingerprint density at radius 3 is 2.43 bits per heavy atom. The number of pyridine rings is 1. The predicted molar refractivity (Wildman–Crippen MR) is 118 cm³/mol. The number of aryl methyl sites for hydroxylation is 1. The van der Waals surface area contributed by atoms with Crippen LogP contribution >= 0.6 is 0 Å². The zero-order valence-corrected chi connectivity index (χ0v) is 17.2. The van der Waals surface area contributed by atoms with Gasteiger partial charge in [-0.2, -0.15) is 0 Å². The molecule has 1 unspecified atom stereocenters. The maximum atomic E-state index is 12.1. The first kappa shape index (κ1) is 21.1. The van der Waals surface area contributed by atoms with Gasteiger partial charge >= 0.3 is 0 Å². The number of aromatic nitrogens is 1. The second-order valence-electron chi connectivity index (χ2n) is 7.09. The summed E-state index contributed by atoms with van der Waals surface area (Å²) in [6, 6.07) is 19.2. The summed E-state index contributed by atoms with van der Waals surface area (Å²) in [5.41, 5.74) is 3.11. The molecule has 0 aliphatic carbocycles. The van der Waals surface area contributed by atoms with Crippen molar-refractivity contribution < 1.29 is 14.3 Å². The van der Waals surface area contributed by atoms with Crippen molar-refractivity contribution in [2.24, 2.45) is 0 Å². The van der Waals surface area contributed by atoms with Crippen molar-refractivity contribution >= 4 is 12.0 Å². The van der Waals surface area contributed by atoms with Gasteiger partial charge < -0.3 is 14.8 Å². The molecular weight excluding hydrogens is 376 g/mol. The number of hydrogen-bond donors (Lipinski definition) is 1. The molecule has 0 radical (unpaired) electrons. The van der Waals surface area contributed by atoms with Gasteiger partial charge in [0.25, 0.3) is 0 Å². The highest BCUT2D eigenvalue weighted by Crippen LogP contribution is 2.15. The molecule has 154 valence electrons. The lowest BCUT2D eigenvalue weighted by Crippen LogP contribution is -2.35. The second-order valence-corrected chi connectivity index (χ2v) is 7.09. The third-order valence-corrected chi connectivity index (χ3v) is 4.35. The normalized spacial score (nSPS) is 11.8. The molecule has 0 saturated heterocycles. The molecule has 2 aromatic carbocycles. The molecule has 3 aromatic rings. The number of ether oxygens (including phenoxy) is 2. The minimum atomic E-state index is -0.160. The van der Waals surface area contributed by atoms with Crippen LogP contribution in [0.3, 0.4) is 0 Å². The molecule has 0 aliphatic rings. The van der Waals surface area contributed by atoms with Gasteiger partial charge in [0.2, 0.25) is 5.91 Å². The smallest absolute Gasteiger partial charge is 0.244 e. The van der Waals surface area contributed by atoms with E-state index in [0.29, 0.717) is 13.2 Å². The highest BCUT2D eigenvalue weighted by atomic mass is 16.5. The van der Waals surface area contributed by atoms with E-state index in [2.05, 4.69) is 10.3 Å².